The van der Waals surface area contributed by atoms with Gasteiger partial charge in [-0.3, -0.25) is 0 Å². The predicted octanol–water partition coefficient (Wildman–Crippen LogP) is 3.11. The van der Waals surface area contributed by atoms with E-state index in [0.29, 0.717) is 0 Å². The van der Waals surface area contributed by atoms with Gasteiger partial charge in [-0.2, -0.15) is 0 Å². The lowest BCUT2D eigenvalue weighted by Gasteiger charge is -2.28. The fourth-order valence-electron chi connectivity index (χ4n) is 2.09. The van der Waals surface area contributed by atoms with Gasteiger partial charge in [0.25, 0.3) is 0 Å². The fourth-order valence-corrected chi connectivity index (χ4v) is 2.09. The normalized spacial score (nSPS) is 11.0. The van der Waals surface area contributed by atoms with Crippen molar-refractivity contribution >= 4 is 11.7 Å². The quantitative estimate of drug-likeness (QED) is 0.897. The van der Waals surface area contributed by atoms with Crippen molar-refractivity contribution in [3.63, 3.8) is 0 Å². The Balaban J connectivity index is 2.81. The Hall–Kier alpha value is -1.55. The zero-order valence-electron chi connectivity index (χ0n) is 13.5. The molecule has 0 fully saturated rings. The average Bonchev–Trinajstić information content (AvgIpc) is 2.33. The first kappa shape index (κ1) is 16.5. The van der Waals surface area contributed by atoms with Gasteiger partial charge in [0.1, 0.15) is 0 Å². The first-order valence-corrected chi connectivity index (χ1v) is 7.11. The van der Waals surface area contributed by atoms with E-state index in [-0.39, 0.29) is 12.1 Å². The van der Waals surface area contributed by atoms with E-state index in [1.54, 1.807) is 0 Å². The number of carbonyl (C=O) groups excluding carboxylic acids is 1. The van der Waals surface area contributed by atoms with Crippen molar-refractivity contribution in [2.75, 3.05) is 32.5 Å². The number of amides is 2. The highest BCUT2D eigenvalue weighted by Gasteiger charge is 2.18. The van der Waals surface area contributed by atoms with Crippen molar-refractivity contribution in [3.05, 3.63) is 29.3 Å². The van der Waals surface area contributed by atoms with Crippen LogP contribution in [0.1, 0.15) is 25.0 Å². The maximum absolute atomic E-state index is 12.5. The highest BCUT2D eigenvalue weighted by molar-refractivity contribution is 5.91. The van der Waals surface area contributed by atoms with Gasteiger partial charge in [0.05, 0.1) is 0 Å². The Labute approximate surface area is 122 Å². The van der Waals surface area contributed by atoms with Crippen molar-refractivity contribution in [2.45, 2.75) is 33.7 Å². The number of nitrogens with zero attached hydrogens (tertiary/aromatic N) is 2. The molecule has 0 radical (unpaired) electrons. The molecule has 4 heteroatoms. The molecule has 2 amide bonds. The van der Waals surface area contributed by atoms with E-state index < -0.39 is 0 Å². The van der Waals surface area contributed by atoms with Crippen molar-refractivity contribution in [1.29, 1.82) is 0 Å². The second-order valence-corrected chi connectivity index (χ2v) is 5.79. The van der Waals surface area contributed by atoms with Gasteiger partial charge in [-0.25, -0.2) is 4.79 Å². The molecule has 0 heterocycles. The summed E-state index contributed by atoms with van der Waals surface area (Å²) in [6.45, 7) is 9.70. The Kier molecular flexibility index (Phi) is 6.02. The second kappa shape index (κ2) is 7.29. The zero-order chi connectivity index (χ0) is 15.3. The standard InChI is InChI=1S/C16H27N3O/c1-12(2)19(11-10-18(5)6)16(20)17-15-13(3)8-7-9-14(15)4/h7-9,12H,10-11H2,1-6H3,(H,17,20). The Morgan fingerprint density at radius 3 is 2.15 bits per heavy atom. The van der Waals surface area contributed by atoms with E-state index >= 15 is 0 Å². The van der Waals surface area contributed by atoms with Gasteiger partial charge in [0, 0.05) is 24.8 Å². The van der Waals surface area contributed by atoms with E-state index in [9.17, 15) is 4.79 Å². The largest absolute Gasteiger partial charge is 0.322 e. The van der Waals surface area contributed by atoms with Gasteiger partial charge in [-0.15, -0.1) is 0 Å². The van der Waals surface area contributed by atoms with E-state index in [1.165, 1.54) is 0 Å². The third-order valence-electron chi connectivity index (χ3n) is 3.39. The third-order valence-corrected chi connectivity index (χ3v) is 3.39. The number of anilines is 1. The third kappa shape index (κ3) is 4.53. The highest BCUT2D eigenvalue weighted by atomic mass is 16.2. The van der Waals surface area contributed by atoms with Gasteiger partial charge >= 0.3 is 6.03 Å². The van der Waals surface area contributed by atoms with E-state index in [4.69, 9.17) is 0 Å². The van der Waals surface area contributed by atoms with Crippen LogP contribution >= 0.6 is 0 Å². The van der Waals surface area contributed by atoms with Gasteiger partial charge in [0.15, 0.2) is 0 Å². The van der Waals surface area contributed by atoms with Gasteiger partial charge in [0.2, 0.25) is 0 Å². The summed E-state index contributed by atoms with van der Waals surface area (Å²) in [6.07, 6.45) is 0. The molecule has 1 rings (SSSR count). The number of rotatable bonds is 5. The summed E-state index contributed by atoms with van der Waals surface area (Å²) >= 11 is 0. The molecular weight excluding hydrogens is 250 g/mol. The Bertz CT molecular complexity index is 435. The van der Waals surface area contributed by atoms with Gasteiger partial charge < -0.3 is 15.1 Å². The number of aryl methyl sites for hydroxylation is 2. The molecule has 0 spiro atoms. The number of para-hydroxylation sites is 1. The molecule has 0 aliphatic heterocycles. The van der Waals surface area contributed by atoms with Gasteiger partial charge in [-0.1, -0.05) is 18.2 Å². The molecule has 0 aliphatic carbocycles. The lowest BCUT2D eigenvalue weighted by atomic mass is 10.1. The predicted molar refractivity (Wildman–Crippen MR) is 85.3 cm³/mol. The molecule has 4 nitrogen and oxygen atoms in total. The number of carbonyl (C=O) groups is 1. The van der Waals surface area contributed by atoms with Gasteiger partial charge in [-0.05, 0) is 52.9 Å². The molecule has 1 N–H and O–H groups in total. The second-order valence-electron chi connectivity index (χ2n) is 5.79. The van der Waals surface area contributed by atoms with Crippen LogP contribution in [-0.2, 0) is 0 Å². The molecule has 0 bridgehead atoms. The average molecular weight is 277 g/mol. The van der Waals surface area contributed by atoms with Crippen LogP contribution in [0.25, 0.3) is 0 Å². The van der Waals surface area contributed by atoms with Crippen LogP contribution in [0.2, 0.25) is 0 Å². The smallest absolute Gasteiger partial charge is 0.321 e. The van der Waals surface area contributed by atoms with Crippen LogP contribution in [0.5, 0.6) is 0 Å². The number of urea groups is 1. The van der Waals surface area contributed by atoms with Crippen molar-refractivity contribution in [1.82, 2.24) is 9.80 Å². The molecule has 0 saturated heterocycles. The highest BCUT2D eigenvalue weighted by Crippen LogP contribution is 2.20. The van der Waals surface area contributed by atoms with Crippen LogP contribution in [-0.4, -0.2) is 49.1 Å². The summed E-state index contributed by atoms with van der Waals surface area (Å²) in [5.41, 5.74) is 3.11. The maximum Gasteiger partial charge on any atom is 0.322 e. The molecule has 0 atom stereocenters. The summed E-state index contributed by atoms with van der Waals surface area (Å²) in [5.74, 6) is 0. The molecule has 20 heavy (non-hydrogen) atoms. The van der Waals surface area contributed by atoms with E-state index in [2.05, 4.69) is 10.2 Å². The van der Waals surface area contributed by atoms with Crippen molar-refractivity contribution in [3.8, 4) is 0 Å². The Morgan fingerprint density at radius 2 is 1.70 bits per heavy atom. The number of hydrogen-bond donors (Lipinski definition) is 1. The SMILES string of the molecule is Cc1cccc(C)c1NC(=O)N(CCN(C)C)C(C)C. The summed E-state index contributed by atoms with van der Waals surface area (Å²) < 4.78 is 0. The fraction of sp³-hybridized carbons (Fsp3) is 0.562. The van der Waals surface area contributed by atoms with Crippen molar-refractivity contribution in [2.24, 2.45) is 0 Å². The first-order valence-electron chi connectivity index (χ1n) is 7.11. The minimum absolute atomic E-state index is 0.0285. The monoisotopic (exact) mass is 277 g/mol. The van der Waals surface area contributed by atoms with Crippen molar-refractivity contribution < 1.29 is 4.79 Å². The lowest BCUT2D eigenvalue weighted by Crippen LogP contribution is -2.43. The molecular formula is C16H27N3O. The maximum atomic E-state index is 12.5. The Morgan fingerprint density at radius 1 is 1.15 bits per heavy atom. The van der Waals surface area contributed by atoms with E-state index in [0.717, 1.165) is 29.9 Å². The summed E-state index contributed by atoms with van der Waals surface area (Å²) in [6, 6.07) is 6.19. The van der Waals surface area contributed by atoms with Crippen LogP contribution in [0.3, 0.4) is 0 Å². The number of likely N-dealkylation sites (N-methyl/N-ethyl adjacent to an activating group) is 1. The summed E-state index contributed by atoms with van der Waals surface area (Å²) in [4.78, 5) is 16.4. The summed E-state index contributed by atoms with van der Waals surface area (Å²) in [5, 5.41) is 3.05. The minimum atomic E-state index is -0.0285. The lowest BCUT2D eigenvalue weighted by molar-refractivity contribution is 0.189. The molecule has 0 aromatic heterocycles. The van der Waals surface area contributed by atoms with Crippen LogP contribution in [0, 0.1) is 13.8 Å². The van der Waals surface area contributed by atoms with Crippen LogP contribution < -0.4 is 5.32 Å². The molecule has 1 aromatic carbocycles. The minimum Gasteiger partial charge on any atom is -0.321 e. The molecule has 1 aromatic rings. The molecule has 0 aliphatic rings. The van der Waals surface area contributed by atoms with E-state index in [1.807, 2.05) is 64.9 Å². The summed E-state index contributed by atoms with van der Waals surface area (Å²) in [7, 11) is 4.03. The zero-order valence-corrected chi connectivity index (χ0v) is 13.5. The molecule has 0 saturated carbocycles. The number of benzene rings is 1. The number of nitrogens with one attached hydrogen (secondary N) is 1. The van der Waals surface area contributed by atoms with Crippen LogP contribution in [0.15, 0.2) is 18.2 Å². The molecule has 0 unspecified atom stereocenters. The first-order chi connectivity index (χ1) is 9.32. The topological polar surface area (TPSA) is 35.6 Å². The van der Waals surface area contributed by atoms with Crippen LogP contribution in [0.4, 0.5) is 10.5 Å². The molecule has 112 valence electrons. The number of hydrogen-bond acceptors (Lipinski definition) is 2.